The third-order valence-electron chi connectivity index (χ3n) is 4.71. The molecule has 2 heteroatoms. The number of nitrogens with zero attached hydrogens (tertiary/aromatic N) is 1. The Bertz CT molecular complexity index is 397. The molecule has 1 aromatic rings. The summed E-state index contributed by atoms with van der Waals surface area (Å²) in [6.45, 7) is 12.8. The van der Waals surface area contributed by atoms with E-state index in [9.17, 15) is 0 Å². The molecule has 0 aliphatic carbocycles. The standard InChI is InChI=1S/C18H30N2/c1-15(2)20(13-16-9-6-5-7-10-16)14-17-18(3,4)11-8-12-19-17/h5-7,9-10,15,17,19H,8,11-14H2,1-4H3. The zero-order chi connectivity index (χ0) is 14.6. The lowest BCUT2D eigenvalue weighted by Gasteiger charge is -2.43. The summed E-state index contributed by atoms with van der Waals surface area (Å²) in [5, 5.41) is 3.74. The van der Waals surface area contributed by atoms with E-state index >= 15 is 0 Å². The highest BCUT2D eigenvalue weighted by molar-refractivity contribution is 5.14. The van der Waals surface area contributed by atoms with Crippen molar-refractivity contribution in [3.8, 4) is 0 Å². The first-order valence-corrected chi connectivity index (χ1v) is 8.00. The molecule has 20 heavy (non-hydrogen) atoms. The van der Waals surface area contributed by atoms with Gasteiger partial charge in [0, 0.05) is 25.2 Å². The van der Waals surface area contributed by atoms with E-state index in [1.165, 1.54) is 24.9 Å². The lowest BCUT2D eigenvalue weighted by atomic mass is 9.77. The van der Waals surface area contributed by atoms with Crippen LogP contribution >= 0.6 is 0 Å². The summed E-state index contributed by atoms with van der Waals surface area (Å²) in [6.07, 6.45) is 2.64. The first-order chi connectivity index (χ1) is 9.49. The maximum Gasteiger partial charge on any atom is 0.0246 e. The number of rotatable bonds is 5. The van der Waals surface area contributed by atoms with Gasteiger partial charge in [-0.15, -0.1) is 0 Å². The second-order valence-electron chi connectivity index (χ2n) is 7.11. The topological polar surface area (TPSA) is 15.3 Å². The van der Waals surface area contributed by atoms with Crippen molar-refractivity contribution in [2.24, 2.45) is 5.41 Å². The van der Waals surface area contributed by atoms with Crippen LogP contribution in [0.3, 0.4) is 0 Å². The van der Waals surface area contributed by atoms with E-state index in [-0.39, 0.29) is 0 Å². The average Bonchev–Trinajstić information content (AvgIpc) is 2.41. The van der Waals surface area contributed by atoms with Gasteiger partial charge < -0.3 is 5.32 Å². The summed E-state index contributed by atoms with van der Waals surface area (Å²) < 4.78 is 0. The van der Waals surface area contributed by atoms with Gasteiger partial charge in [0.25, 0.3) is 0 Å². The summed E-state index contributed by atoms with van der Waals surface area (Å²) in [5.41, 5.74) is 1.82. The molecule has 112 valence electrons. The lowest BCUT2D eigenvalue weighted by molar-refractivity contribution is 0.105. The molecule has 2 rings (SSSR count). The molecular weight excluding hydrogens is 244 g/mol. The second kappa shape index (κ2) is 6.73. The van der Waals surface area contributed by atoms with E-state index in [1.807, 2.05) is 0 Å². The van der Waals surface area contributed by atoms with Crippen molar-refractivity contribution < 1.29 is 0 Å². The SMILES string of the molecule is CC(C)N(Cc1ccccc1)CC1NCCCC1(C)C. The van der Waals surface area contributed by atoms with E-state index in [0.717, 1.165) is 13.1 Å². The number of nitrogens with one attached hydrogen (secondary N) is 1. The average molecular weight is 274 g/mol. The number of hydrogen-bond acceptors (Lipinski definition) is 2. The smallest absolute Gasteiger partial charge is 0.0246 e. The van der Waals surface area contributed by atoms with E-state index in [1.54, 1.807) is 0 Å². The van der Waals surface area contributed by atoms with Crippen LogP contribution < -0.4 is 5.32 Å². The Morgan fingerprint density at radius 2 is 1.95 bits per heavy atom. The third-order valence-corrected chi connectivity index (χ3v) is 4.71. The van der Waals surface area contributed by atoms with Crippen LogP contribution in [0.4, 0.5) is 0 Å². The zero-order valence-electron chi connectivity index (χ0n) is 13.5. The second-order valence-corrected chi connectivity index (χ2v) is 7.11. The van der Waals surface area contributed by atoms with E-state index in [4.69, 9.17) is 0 Å². The minimum atomic E-state index is 0.405. The highest BCUT2D eigenvalue weighted by atomic mass is 15.2. The molecule has 1 saturated heterocycles. The van der Waals surface area contributed by atoms with Crippen LogP contribution in [-0.2, 0) is 6.54 Å². The van der Waals surface area contributed by atoms with Crippen LogP contribution in [0, 0.1) is 5.41 Å². The molecular formula is C18H30N2. The van der Waals surface area contributed by atoms with Gasteiger partial charge in [-0.2, -0.15) is 0 Å². The van der Waals surface area contributed by atoms with Gasteiger partial charge in [-0.1, -0.05) is 44.2 Å². The largest absolute Gasteiger partial charge is 0.312 e. The van der Waals surface area contributed by atoms with E-state index < -0.39 is 0 Å². The van der Waals surface area contributed by atoms with Crippen molar-refractivity contribution in [3.63, 3.8) is 0 Å². The Balaban J connectivity index is 2.02. The summed E-state index contributed by atoms with van der Waals surface area (Å²) in [4.78, 5) is 2.60. The van der Waals surface area contributed by atoms with E-state index in [2.05, 4.69) is 68.2 Å². The molecule has 0 amide bonds. The first kappa shape index (κ1) is 15.5. The molecule has 2 nitrogen and oxygen atoms in total. The highest BCUT2D eigenvalue weighted by Gasteiger charge is 2.33. The van der Waals surface area contributed by atoms with Crippen molar-refractivity contribution in [2.45, 2.75) is 59.2 Å². The molecule has 0 spiro atoms. The number of benzene rings is 1. The first-order valence-electron chi connectivity index (χ1n) is 8.00. The van der Waals surface area contributed by atoms with Crippen LogP contribution in [-0.4, -0.2) is 30.1 Å². The molecule has 0 saturated carbocycles. The minimum Gasteiger partial charge on any atom is -0.312 e. The minimum absolute atomic E-state index is 0.405. The van der Waals surface area contributed by atoms with Gasteiger partial charge in [-0.25, -0.2) is 0 Å². The Kier molecular flexibility index (Phi) is 5.22. The summed E-state index contributed by atoms with van der Waals surface area (Å²) in [5.74, 6) is 0. The van der Waals surface area contributed by atoms with Crippen molar-refractivity contribution >= 4 is 0 Å². The molecule has 1 fully saturated rings. The van der Waals surface area contributed by atoms with Gasteiger partial charge in [0.2, 0.25) is 0 Å². The van der Waals surface area contributed by atoms with Crippen molar-refractivity contribution in [1.29, 1.82) is 0 Å². The summed E-state index contributed by atoms with van der Waals surface area (Å²) in [7, 11) is 0. The molecule has 1 N–H and O–H groups in total. The van der Waals surface area contributed by atoms with Crippen molar-refractivity contribution in [3.05, 3.63) is 35.9 Å². The van der Waals surface area contributed by atoms with Crippen LogP contribution in [0.5, 0.6) is 0 Å². The van der Waals surface area contributed by atoms with Gasteiger partial charge in [0.1, 0.15) is 0 Å². The molecule has 1 atom stereocenters. The summed E-state index contributed by atoms with van der Waals surface area (Å²) >= 11 is 0. The summed E-state index contributed by atoms with van der Waals surface area (Å²) in [6, 6.07) is 12.0. The van der Waals surface area contributed by atoms with Gasteiger partial charge in [-0.3, -0.25) is 4.90 Å². The molecule has 1 unspecified atom stereocenters. The maximum atomic E-state index is 3.74. The fourth-order valence-corrected chi connectivity index (χ4v) is 3.09. The molecule has 0 aromatic heterocycles. The lowest BCUT2D eigenvalue weighted by Crippen LogP contribution is -2.53. The van der Waals surface area contributed by atoms with Gasteiger partial charge in [0.05, 0.1) is 0 Å². The Morgan fingerprint density at radius 1 is 1.25 bits per heavy atom. The third kappa shape index (κ3) is 4.07. The molecule has 1 aliphatic heterocycles. The Labute approximate surface area is 124 Å². The van der Waals surface area contributed by atoms with Crippen molar-refractivity contribution in [1.82, 2.24) is 10.2 Å². The Hall–Kier alpha value is -0.860. The zero-order valence-corrected chi connectivity index (χ0v) is 13.5. The fourth-order valence-electron chi connectivity index (χ4n) is 3.09. The molecule has 1 aliphatic rings. The molecule has 1 aromatic carbocycles. The maximum absolute atomic E-state index is 3.74. The Morgan fingerprint density at radius 3 is 2.55 bits per heavy atom. The molecule has 1 heterocycles. The van der Waals surface area contributed by atoms with Crippen molar-refractivity contribution in [2.75, 3.05) is 13.1 Å². The monoisotopic (exact) mass is 274 g/mol. The van der Waals surface area contributed by atoms with Crippen LogP contribution in [0.2, 0.25) is 0 Å². The quantitative estimate of drug-likeness (QED) is 0.881. The van der Waals surface area contributed by atoms with Crippen LogP contribution in [0.25, 0.3) is 0 Å². The predicted octanol–water partition coefficient (Wildman–Crippen LogP) is 3.68. The number of hydrogen-bond donors (Lipinski definition) is 1. The molecule has 0 bridgehead atoms. The number of piperidine rings is 1. The van der Waals surface area contributed by atoms with Crippen LogP contribution in [0.15, 0.2) is 30.3 Å². The fraction of sp³-hybridized carbons (Fsp3) is 0.667. The molecule has 0 radical (unpaired) electrons. The predicted molar refractivity (Wildman–Crippen MR) is 86.8 cm³/mol. The van der Waals surface area contributed by atoms with Crippen LogP contribution in [0.1, 0.15) is 46.1 Å². The van der Waals surface area contributed by atoms with Gasteiger partial charge in [0.15, 0.2) is 0 Å². The highest BCUT2D eigenvalue weighted by Crippen LogP contribution is 2.31. The normalized spacial score (nSPS) is 22.4. The van der Waals surface area contributed by atoms with E-state index in [0.29, 0.717) is 17.5 Å². The van der Waals surface area contributed by atoms with Gasteiger partial charge >= 0.3 is 0 Å². The van der Waals surface area contributed by atoms with Gasteiger partial charge in [-0.05, 0) is 44.2 Å².